The Balaban J connectivity index is 1.84. The molecule has 2 aromatic carbocycles. The first-order valence-electron chi connectivity index (χ1n) is 6.55. The number of benzene rings is 2. The Morgan fingerprint density at radius 3 is 2.00 bits per heavy atom. The Bertz CT molecular complexity index is 602. The van der Waals surface area contributed by atoms with Crippen LogP contribution in [-0.2, 0) is 0 Å². The quantitative estimate of drug-likeness (QED) is 0.813. The van der Waals surface area contributed by atoms with Crippen molar-refractivity contribution in [3.8, 4) is 11.5 Å². The number of rotatable bonds is 6. The molecular formula is C17H18N2O2. The van der Waals surface area contributed by atoms with Crippen molar-refractivity contribution in [3.05, 3.63) is 60.8 Å². The highest BCUT2D eigenvalue weighted by molar-refractivity contribution is 5.75. The van der Waals surface area contributed by atoms with Crippen LogP contribution in [0.15, 0.2) is 65.8 Å². The molecule has 0 saturated heterocycles. The number of methoxy groups -OCH3 is 2. The fourth-order valence-corrected chi connectivity index (χ4v) is 1.67. The van der Waals surface area contributed by atoms with Crippen LogP contribution < -0.4 is 14.8 Å². The van der Waals surface area contributed by atoms with Crippen LogP contribution in [0, 0.1) is 0 Å². The van der Waals surface area contributed by atoms with Gasteiger partial charge in [0.15, 0.2) is 0 Å². The predicted octanol–water partition coefficient (Wildman–Crippen LogP) is 4.03. The number of ether oxygens (including phenoxy) is 2. The summed E-state index contributed by atoms with van der Waals surface area (Å²) in [6, 6.07) is 15.3. The first-order chi connectivity index (χ1) is 10.3. The van der Waals surface area contributed by atoms with Crippen molar-refractivity contribution < 1.29 is 9.47 Å². The second-order valence-corrected chi connectivity index (χ2v) is 4.21. The minimum atomic E-state index is 0.825. The van der Waals surface area contributed by atoms with Crippen molar-refractivity contribution in [2.24, 2.45) is 4.99 Å². The summed E-state index contributed by atoms with van der Waals surface area (Å²) in [6.45, 7) is 0. The van der Waals surface area contributed by atoms with E-state index in [0.29, 0.717) is 0 Å². The molecule has 108 valence electrons. The molecule has 2 aromatic rings. The molecule has 0 unspecified atom stereocenters. The van der Waals surface area contributed by atoms with Crippen molar-refractivity contribution in [1.82, 2.24) is 0 Å². The summed E-state index contributed by atoms with van der Waals surface area (Å²) in [6.07, 6.45) is 5.40. The molecule has 0 amide bonds. The fourth-order valence-electron chi connectivity index (χ4n) is 1.67. The van der Waals surface area contributed by atoms with Crippen LogP contribution in [0.2, 0.25) is 0 Å². The second kappa shape index (κ2) is 7.75. The van der Waals surface area contributed by atoms with Gasteiger partial charge in [0, 0.05) is 18.1 Å². The maximum absolute atomic E-state index is 5.10. The molecule has 0 bridgehead atoms. The van der Waals surface area contributed by atoms with E-state index >= 15 is 0 Å². The number of allylic oxidation sites excluding steroid dienone is 1. The summed E-state index contributed by atoms with van der Waals surface area (Å²) in [5, 5.41) is 3.15. The average Bonchev–Trinajstić information content (AvgIpc) is 2.55. The summed E-state index contributed by atoms with van der Waals surface area (Å²) in [4.78, 5) is 4.31. The highest BCUT2D eigenvalue weighted by atomic mass is 16.5. The lowest BCUT2D eigenvalue weighted by atomic mass is 10.3. The average molecular weight is 282 g/mol. The number of anilines is 1. The maximum atomic E-state index is 5.10. The van der Waals surface area contributed by atoms with Crippen molar-refractivity contribution >= 4 is 17.6 Å². The molecule has 21 heavy (non-hydrogen) atoms. The number of nitrogens with zero attached hydrogens (tertiary/aromatic N) is 1. The van der Waals surface area contributed by atoms with Crippen LogP contribution in [0.4, 0.5) is 11.4 Å². The zero-order chi connectivity index (χ0) is 14.9. The Labute approximate surface area is 124 Å². The summed E-state index contributed by atoms with van der Waals surface area (Å²) >= 11 is 0. The molecule has 0 saturated carbocycles. The van der Waals surface area contributed by atoms with Crippen molar-refractivity contribution in [1.29, 1.82) is 0 Å². The highest BCUT2D eigenvalue weighted by Gasteiger charge is 1.91. The lowest BCUT2D eigenvalue weighted by Gasteiger charge is -2.02. The van der Waals surface area contributed by atoms with Gasteiger partial charge in [-0.3, -0.25) is 4.99 Å². The van der Waals surface area contributed by atoms with Gasteiger partial charge < -0.3 is 14.8 Å². The zero-order valence-corrected chi connectivity index (χ0v) is 12.1. The summed E-state index contributed by atoms with van der Waals surface area (Å²) in [5.41, 5.74) is 1.87. The van der Waals surface area contributed by atoms with E-state index < -0.39 is 0 Å². The first kappa shape index (κ1) is 14.7. The molecule has 0 spiro atoms. The van der Waals surface area contributed by atoms with Gasteiger partial charge >= 0.3 is 0 Å². The number of nitrogens with one attached hydrogen (secondary N) is 1. The Hall–Kier alpha value is -2.75. The lowest BCUT2D eigenvalue weighted by Crippen LogP contribution is -1.88. The molecule has 4 heteroatoms. The van der Waals surface area contributed by atoms with Crippen LogP contribution in [0.25, 0.3) is 0 Å². The summed E-state index contributed by atoms with van der Waals surface area (Å²) < 4.78 is 10.2. The normalized spacial score (nSPS) is 11.0. The third kappa shape index (κ3) is 4.69. The highest BCUT2D eigenvalue weighted by Crippen LogP contribution is 2.17. The van der Waals surface area contributed by atoms with Crippen LogP contribution in [-0.4, -0.2) is 20.4 Å². The van der Waals surface area contributed by atoms with Crippen molar-refractivity contribution in [3.63, 3.8) is 0 Å². The third-order valence-electron chi connectivity index (χ3n) is 2.82. The minimum Gasteiger partial charge on any atom is -0.497 e. The standard InChI is InChI=1S/C17H18N2O2/c1-20-16-8-4-14(5-9-16)18-12-3-13-19-15-6-10-17(21-2)11-7-15/h3-13,18H,1-2H3/b12-3+,19-13?. The van der Waals surface area contributed by atoms with Gasteiger partial charge in [-0.1, -0.05) is 0 Å². The first-order valence-corrected chi connectivity index (χ1v) is 6.55. The second-order valence-electron chi connectivity index (χ2n) is 4.21. The van der Waals surface area contributed by atoms with Crippen LogP contribution in [0.3, 0.4) is 0 Å². The summed E-state index contributed by atoms with van der Waals surface area (Å²) in [7, 11) is 3.30. The van der Waals surface area contributed by atoms with E-state index in [0.717, 1.165) is 22.9 Å². The van der Waals surface area contributed by atoms with Gasteiger partial charge in [-0.15, -0.1) is 0 Å². The molecular weight excluding hydrogens is 264 g/mol. The molecule has 0 aromatic heterocycles. The number of hydrogen-bond donors (Lipinski definition) is 1. The molecule has 1 N–H and O–H groups in total. The Kier molecular flexibility index (Phi) is 5.41. The van der Waals surface area contributed by atoms with Gasteiger partial charge in [0.25, 0.3) is 0 Å². The smallest absolute Gasteiger partial charge is 0.119 e. The van der Waals surface area contributed by atoms with Gasteiger partial charge in [-0.25, -0.2) is 0 Å². The molecule has 0 atom stereocenters. The van der Waals surface area contributed by atoms with Crippen molar-refractivity contribution in [2.75, 3.05) is 19.5 Å². The van der Waals surface area contributed by atoms with Gasteiger partial charge in [0.05, 0.1) is 19.9 Å². The molecule has 2 rings (SSSR count). The lowest BCUT2D eigenvalue weighted by molar-refractivity contribution is 0.415. The molecule has 0 radical (unpaired) electrons. The molecule has 0 fully saturated rings. The third-order valence-corrected chi connectivity index (χ3v) is 2.82. The maximum Gasteiger partial charge on any atom is 0.119 e. The molecule has 4 nitrogen and oxygen atoms in total. The fraction of sp³-hybridized carbons (Fsp3) is 0.118. The molecule has 0 aliphatic rings. The Morgan fingerprint density at radius 2 is 1.43 bits per heavy atom. The largest absolute Gasteiger partial charge is 0.497 e. The van der Waals surface area contributed by atoms with E-state index in [4.69, 9.17) is 9.47 Å². The molecule has 0 heterocycles. The van der Waals surface area contributed by atoms with Gasteiger partial charge in [-0.05, 0) is 54.6 Å². The zero-order valence-electron chi connectivity index (χ0n) is 12.1. The van der Waals surface area contributed by atoms with E-state index in [1.807, 2.05) is 60.8 Å². The van der Waals surface area contributed by atoms with Crippen LogP contribution in [0.5, 0.6) is 11.5 Å². The number of hydrogen-bond acceptors (Lipinski definition) is 4. The Morgan fingerprint density at radius 1 is 0.857 bits per heavy atom. The topological polar surface area (TPSA) is 42.8 Å². The SMILES string of the molecule is COc1ccc(N=C/C=C/Nc2ccc(OC)cc2)cc1. The van der Waals surface area contributed by atoms with E-state index in [1.54, 1.807) is 20.4 Å². The van der Waals surface area contributed by atoms with Gasteiger partial charge in [0.2, 0.25) is 0 Å². The van der Waals surface area contributed by atoms with E-state index in [1.165, 1.54) is 0 Å². The minimum absolute atomic E-state index is 0.825. The van der Waals surface area contributed by atoms with Gasteiger partial charge in [-0.2, -0.15) is 0 Å². The monoisotopic (exact) mass is 282 g/mol. The predicted molar refractivity (Wildman–Crippen MR) is 86.9 cm³/mol. The van der Waals surface area contributed by atoms with Crippen molar-refractivity contribution in [2.45, 2.75) is 0 Å². The van der Waals surface area contributed by atoms with E-state index in [9.17, 15) is 0 Å². The van der Waals surface area contributed by atoms with E-state index in [2.05, 4.69) is 10.3 Å². The van der Waals surface area contributed by atoms with Gasteiger partial charge in [0.1, 0.15) is 11.5 Å². The summed E-state index contributed by atoms with van der Waals surface area (Å²) in [5.74, 6) is 1.66. The molecule has 0 aliphatic heterocycles. The van der Waals surface area contributed by atoms with E-state index in [-0.39, 0.29) is 0 Å². The molecule has 0 aliphatic carbocycles. The van der Waals surface area contributed by atoms with Crippen LogP contribution >= 0.6 is 0 Å². The number of aliphatic imine (C=N–C) groups is 1. The van der Waals surface area contributed by atoms with Crippen LogP contribution in [0.1, 0.15) is 0 Å².